The van der Waals surface area contributed by atoms with Crippen LogP contribution in [0.3, 0.4) is 0 Å². The summed E-state index contributed by atoms with van der Waals surface area (Å²) in [5.74, 6) is -0.416. The van der Waals surface area contributed by atoms with Crippen molar-refractivity contribution >= 4 is 35.0 Å². The molecular weight excluding hydrogens is 414 g/mol. The molecule has 0 aliphatic carbocycles. The van der Waals surface area contributed by atoms with Gasteiger partial charge in [0.15, 0.2) is 0 Å². The zero-order chi connectivity index (χ0) is 22.4. The van der Waals surface area contributed by atoms with Crippen LogP contribution in [0.5, 0.6) is 0 Å². The van der Waals surface area contributed by atoms with E-state index in [-0.39, 0.29) is 23.6 Å². The molecule has 0 saturated carbocycles. The summed E-state index contributed by atoms with van der Waals surface area (Å²) in [7, 11) is 0. The zero-order valence-electron chi connectivity index (χ0n) is 17.9. The molecule has 7 heteroatoms. The maximum Gasteiger partial charge on any atom is 0.251 e. The number of amides is 3. The lowest BCUT2D eigenvalue weighted by atomic mass is 9.97. The van der Waals surface area contributed by atoms with E-state index in [1.54, 1.807) is 29.2 Å². The molecular formula is C24H28ClN3O3. The fraction of sp³-hybridized carbons (Fsp3) is 0.375. The van der Waals surface area contributed by atoms with E-state index in [9.17, 15) is 14.4 Å². The molecule has 2 atom stereocenters. The minimum Gasteiger partial charge on any atom is -0.350 e. The van der Waals surface area contributed by atoms with Gasteiger partial charge in [-0.1, -0.05) is 44.0 Å². The molecule has 0 aromatic heterocycles. The van der Waals surface area contributed by atoms with Crippen molar-refractivity contribution in [1.82, 2.24) is 10.6 Å². The highest BCUT2D eigenvalue weighted by Gasteiger charge is 2.26. The highest BCUT2D eigenvalue weighted by molar-refractivity contribution is 6.30. The van der Waals surface area contributed by atoms with Crippen molar-refractivity contribution in [2.45, 2.75) is 45.7 Å². The van der Waals surface area contributed by atoms with Gasteiger partial charge in [-0.15, -0.1) is 0 Å². The number of halogens is 1. The van der Waals surface area contributed by atoms with E-state index in [1.165, 1.54) is 0 Å². The smallest absolute Gasteiger partial charge is 0.251 e. The van der Waals surface area contributed by atoms with Crippen LogP contribution in [-0.2, 0) is 16.1 Å². The lowest BCUT2D eigenvalue weighted by Gasteiger charge is -2.24. The molecule has 1 aliphatic rings. The van der Waals surface area contributed by atoms with E-state index in [1.807, 2.05) is 38.1 Å². The number of nitrogens with zero attached hydrogens (tertiary/aromatic N) is 1. The summed E-state index contributed by atoms with van der Waals surface area (Å²) in [6, 6.07) is 13.5. The van der Waals surface area contributed by atoms with Crippen LogP contribution in [0.4, 0.5) is 5.69 Å². The van der Waals surface area contributed by atoms with Gasteiger partial charge >= 0.3 is 0 Å². The Kier molecular flexibility index (Phi) is 7.69. The predicted molar refractivity (Wildman–Crippen MR) is 122 cm³/mol. The molecule has 1 fully saturated rings. The molecule has 1 heterocycles. The highest BCUT2D eigenvalue weighted by atomic mass is 35.5. The van der Waals surface area contributed by atoms with Crippen molar-refractivity contribution in [3.8, 4) is 0 Å². The van der Waals surface area contributed by atoms with Gasteiger partial charge in [-0.05, 0) is 54.3 Å². The van der Waals surface area contributed by atoms with Crippen LogP contribution in [0, 0.1) is 5.92 Å². The third-order valence-electron chi connectivity index (χ3n) is 5.68. The summed E-state index contributed by atoms with van der Waals surface area (Å²) in [4.78, 5) is 39.1. The first-order valence-corrected chi connectivity index (χ1v) is 11.0. The van der Waals surface area contributed by atoms with Crippen LogP contribution in [0.1, 0.15) is 49.0 Å². The molecule has 3 rings (SSSR count). The maximum absolute atomic E-state index is 12.9. The van der Waals surface area contributed by atoms with E-state index in [0.717, 1.165) is 30.6 Å². The van der Waals surface area contributed by atoms with Crippen molar-refractivity contribution in [1.29, 1.82) is 0 Å². The molecule has 0 bridgehead atoms. The van der Waals surface area contributed by atoms with Crippen LogP contribution in [0.25, 0.3) is 0 Å². The molecule has 2 unspecified atom stereocenters. The van der Waals surface area contributed by atoms with Crippen molar-refractivity contribution in [3.05, 3.63) is 64.7 Å². The second kappa shape index (κ2) is 10.4. The van der Waals surface area contributed by atoms with Crippen LogP contribution in [0.2, 0.25) is 5.02 Å². The number of anilines is 1. The third-order valence-corrected chi connectivity index (χ3v) is 5.93. The Morgan fingerprint density at radius 3 is 2.35 bits per heavy atom. The summed E-state index contributed by atoms with van der Waals surface area (Å²) < 4.78 is 0. The van der Waals surface area contributed by atoms with Crippen LogP contribution in [-0.4, -0.2) is 30.3 Å². The van der Waals surface area contributed by atoms with Gasteiger partial charge in [-0.3, -0.25) is 14.4 Å². The summed E-state index contributed by atoms with van der Waals surface area (Å²) >= 11 is 5.88. The number of rotatable bonds is 8. The van der Waals surface area contributed by atoms with Crippen molar-refractivity contribution in [2.24, 2.45) is 5.92 Å². The molecule has 0 spiro atoms. The summed E-state index contributed by atoms with van der Waals surface area (Å²) in [5, 5.41) is 6.32. The van der Waals surface area contributed by atoms with Crippen molar-refractivity contribution < 1.29 is 14.4 Å². The lowest BCUT2D eigenvalue weighted by molar-refractivity contribution is -0.124. The Bertz CT molecular complexity index is 928. The van der Waals surface area contributed by atoms with Gasteiger partial charge in [0.1, 0.15) is 6.04 Å². The molecule has 2 aromatic rings. The van der Waals surface area contributed by atoms with Gasteiger partial charge in [-0.25, -0.2) is 0 Å². The van der Waals surface area contributed by atoms with Crippen LogP contribution >= 0.6 is 11.6 Å². The topological polar surface area (TPSA) is 78.5 Å². The Hall–Kier alpha value is -2.86. The highest BCUT2D eigenvalue weighted by Crippen LogP contribution is 2.21. The third kappa shape index (κ3) is 5.85. The molecule has 1 saturated heterocycles. The first kappa shape index (κ1) is 22.8. The minimum absolute atomic E-state index is 0.0280. The Labute approximate surface area is 188 Å². The number of hydrogen-bond acceptors (Lipinski definition) is 3. The average Bonchev–Trinajstić information content (AvgIpc) is 3.21. The molecule has 2 N–H and O–H groups in total. The van der Waals surface area contributed by atoms with E-state index >= 15 is 0 Å². The standard InChI is InChI=1S/C24H28ClN3O3/c1-3-16(2)22(27-23(30)18-8-10-19(25)11-9-18)24(31)26-15-17-6-12-20(13-7-17)28-14-4-5-21(28)29/h6-13,16,22H,3-5,14-15H2,1-2H3,(H,26,31)(H,27,30). The summed E-state index contributed by atoms with van der Waals surface area (Å²) in [6.07, 6.45) is 2.23. The lowest BCUT2D eigenvalue weighted by Crippen LogP contribution is -2.50. The van der Waals surface area contributed by atoms with Gasteiger partial charge in [0.25, 0.3) is 5.91 Å². The first-order valence-electron chi connectivity index (χ1n) is 10.6. The number of carbonyl (C=O) groups is 3. The molecule has 1 aliphatic heterocycles. The van der Waals surface area contributed by atoms with E-state index in [0.29, 0.717) is 23.6 Å². The fourth-order valence-corrected chi connectivity index (χ4v) is 3.67. The minimum atomic E-state index is -0.644. The second-order valence-corrected chi connectivity index (χ2v) is 8.31. The number of benzene rings is 2. The quantitative estimate of drug-likeness (QED) is 0.651. The SMILES string of the molecule is CCC(C)C(NC(=O)c1ccc(Cl)cc1)C(=O)NCc1ccc(N2CCCC2=O)cc1. The molecule has 164 valence electrons. The number of carbonyl (C=O) groups excluding carboxylic acids is 3. The Morgan fingerprint density at radius 2 is 1.77 bits per heavy atom. The molecule has 6 nitrogen and oxygen atoms in total. The van der Waals surface area contributed by atoms with Gasteiger partial charge in [0.2, 0.25) is 11.8 Å². The summed E-state index contributed by atoms with van der Waals surface area (Å²) in [5.41, 5.74) is 2.26. The van der Waals surface area contributed by atoms with Crippen molar-refractivity contribution in [3.63, 3.8) is 0 Å². The van der Waals surface area contributed by atoms with E-state index in [2.05, 4.69) is 10.6 Å². The summed E-state index contributed by atoms with van der Waals surface area (Å²) in [6.45, 7) is 5.02. The molecule has 2 aromatic carbocycles. The van der Waals surface area contributed by atoms with Gasteiger partial charge in [0.05, 0.1) is 0 Å². The first-order chi connectivity index (χ1) is 14.9. The van der Waals surface area contributed by atoms with E-state index in [4.69, 9.17) is 11.6 Å². The van der Waals surface area contributed by atoms with Gasteiger partial charge in [0, 0.05) is 35.8 Å². The Morgan fingerprint density at radius 1 is 1.10 bits per heavy atom. The van der Waals surface area contributed by atoms with Crippen molar-refractivity contribution in [2.75, 3.05) is 11.4 Å². The Balaban J connectivity index is 1.60. The van der Waals surface area contributed by atoms with Crippen LogP contribution in [0.15, 0.2) is 48.5 Å². The molecule has 0 radical (unpaired) electrons. The normalized spacial score (nSPS) is 15.5. The second-order valence-electron chi connectivity index (χ2n) is 7.88. The van der Waals surface area contributed by atoms with E-state index < -0.39 is 6.04 Å². The fourth-order valence-electron chi connectivity index (χ4n) is 3.54. The number of hydrogen-bond donors (Lipinski definition) is 2. The van der Waals surface area contributed by atoms with Crippen LogP contribution < -0.4 is 15.5 Å². The zero-order valence-corrected chi connectivity index (χ0v) is 18.6. The average molecular weight is 442 g/mol. The maximum atomic E-state index is 12.9. The molecule has 3 amide bonds. The predicted octanol–water partition coefficient (Wildman–Crippen LogP) is 3.93. The molecule has 31 heavy (non-hydrogen) atoms. The number of nitrogens with one attached hydrogen (secondary N) is 2. The van der Waals surface area contributed by atoms with Gasteiger partial charge < -0.3 is 15.5 Å². The van der Waals surface area contributed by atoms with Gasteiger partial charge in [-0.2, -0.15) is 0 Å². The largest absolute Gasteiger partial charge is 0.350 e. The monoisotopic (exact) mass is 441 g/mol.